The lowest BCUT2D eigenvalue weighted by Crippen LogP contribution is -2.36. The van der Waals surface area contributed by atoms with Crippen molar-refractivity contribution in [1.82, 2.24) is 15.3 Å². The van der Waals surface area contributed by atoms with Gasteiger partial charge in [0.1, 0.15) is 23.1 Å². The molecule has 2 heterocycles. The molecule has 1 saturated heterocycles. The molecule has 1 fully saturated rings. The van der Waals surface area contributed by atoms with E-state index in [-0.39, 0.29) is 17.7 Å². The highest BCUT2D eigenvalue weighted by atomic mass is 19.1. The number of carbonyl (C=O) groups excluding carboxylic acids is 1. The molecule has 1 atom stereocenters. The zero-order valence-electron chi connectivity index (χ0n) is 16.9. The van der Waals surface area contributed by atoms with E-state index in [9.17, 15) is 9.18 Å². The largest absolute Gasteiger partial charge is 0.444 e. The Labute approximate surface area is 169 Å². The number of anilines is 4. The SMILES string of the molecule is CC(C)(C)OC(=O)NC[C@H]1CCN(c2cc(Nc3ccccc3F)nc(N)n2)C1. The maximum atomic E-state index is 13.9. The summed E-state index contributed by atoms with van der Waals surface area (Å²) in [5.74, 6) is 1.09. The number of nitrogens with one attached hydrogen (secondary N) is 2. The lowest BCUT2D eigenvalue weighted by Gasteiger charge is -2.21. The molecule has 9 heteroatoms. The molecule has 3 rings (SSSR count). The molecule has 0 spiro atoms. The highest BCUT2D eigenvalue weighted by Gasteiger charge is 2.25. The van der Waals surface area contributed by atoms with Crippen LogP contribution in [0.3, 0.4) is 0 Å². The first-order valence-electron chi connectivity index (χ1n) is 9.57. The van der Waals surface area contributed by atoms with Crippen LogP contribution in [0.1, 0.15) is 27.2 Å². The van der Waals surface area contributed by atoms with Crippen LogP contribution >= 0.6 is 0 Å². The van der Waals surface area contributed by atoms with Crippen LogP contribution in [0, 0.1) is 11.7 Å². The first kappa shape index (κ1) is 20.6. The predicted molar refractivity (Wildman–Crippen MR) is 111 cm³/mol. The molecule has 4 N–H and O–H groups in total. The summed E-state index contributed by atoms with van der Waals surface area (Å²) >= 11 is 0. The molecule has 1 aromatic heterocycles. The van der Waals surface area contributed by atoms with Gasteiger partial charge in [0.05, 0.1) is 5.69 Å². The Hall–Kier alpha value is -3.10. The van der Waals surface area contributed by atoms with Gasteiger partial charge in [-0.3, -0.25) is 0 Å². The molecule has 8 nitrogen and oxygen atoms in total. The van der Waals surface area contributed by atoms with Crippen LogP contribution in [0.2, 0.25) is 0 Å². The van der Waals surface area contributed by atoms with Gasteiger partial charge in [-0.05, 0) is 45.2 Å². The van der Waals surface area contributed by atoms with Crippen molar-refractivity contribution in [1.29, 1.82) is 0 Å². The Morgan fingerprint density at radius 3 is 2.83 bits per heavy atom. The lowest BCUT2D eigenvalue weighted by atomic mass is 10.1. The molecule has 0 unspecified atom stereocenters. The number of para-hydroxylation sites is 1. The molecule has 1 amide bonds. The second-order valence-electron chi connectivity index (χ2n) is 8.06. The molecule has 0 radical (unpaired) electrons. The molecule has 29 heavy (non-hydrogen) atoms. The standard InChI is InChI=1S/C20H27FN6O2/c1-20(2,3)29-19(28)23-11-13-8-9-27(12-13)17-10-16(25-18(22)26-17)24-15-7-5-4-6-14(15)21/h4-7,10,13H,8-9,11-12H2,1-3H3,(H,23,28)(H3,22,24,25,26)/t13-/m1/s1. The lowest BCUT2D eigenvalue weighted by molar-refractivity contribution is 0.0520. The van der Waals surface area contributed by atoms with Crippen LogP contribution in [-0.2, 0) is 4.74 Å². The first-order valence-corrected chi connectivity index (χ1v) is 9.57. The van der Waals surface area contributed by atoms with Gasteiger partial charge >= 0.3 is 6.09 Å². The molecule has 0 saturated carbocycles. The van der Waals surface area contributed by atoms with E-state index in [1.165, 1.54) is 6.07 Å². The Balaban J connectivity index is 1.61. The van der Waals surface area contributed by atoms with Crippen molar-refractivity contribution in [2.45, 2.75) is 32.8 Å². The number of nitrogen functional groups attached to an aromatic ring is 1. The molecular formula is C20H27FN6O2. The number of aromatic nitrogens is 2. The van der Waals surface area contributed by atoms with Crippen LogP contribution in [0.15, 0.2) is 30.3 Å². The number of halogens is 1. The summed E-state index contributed by atoms with van der Waals surface area (Å²) in [6, 6.07) is 8.10. The zero-order valence-corrected chi connectivity index (χ0v) is 16.9. The summed E-state index contributed by atoms with van der Waals surface area (Å²) < 4.78 is 19.2. The number of hydrogen-bond donors (Lipinski definition) is 3. The fraction of sp³-hybridized carbons (Fsp3) is 0.450. The van der Waals surface area contributed by atoms with E-state index in [1.807, 2.05) is 20.8 Å². The average Bonchev–Trinajstić information content (AvgIpc) is 3.09. The van der Waals surface area contributed by atoms with Crippen LogP contribution in [0.5, 0.6) is 0 Å². The van der Waals surface area contributed by atoms with Crippen LogP contribution < -0.4 is 21.3 Å². The van der Waals surface area contributed by atoms with E-state index in [1.54, 1.807) is 24.3 Å². The van der Waals surface area contributed by atoms with E-state index in [0.29, 0.717) is 30.4 Å². The molecule has 0 bridgehead atoms. The van der Waals surface area contributed by atoms with Gasteiger partial charge < -0.3 is 26.0 Å². The van der Waals surface area contributed by atoms with Crippen molar-refractivity contribution < 1.29 is 13.9 Å². The van der Waals surface area contributed by atoms with Crippen molar-refractivity contribution in [2.24, 2.45) is 5.92 Å². The summed E-state index contributed by atoms with van der Waals surface area (Å²) in [7, 11) is 0. The molecule has 0 aliphatic carbocycles. The van der Waals surface area contributed by atoms with Gasteiger partial charge in [-0.15, -0.1) is 0 Å². The number of nitrogens with two attached hydrogens (primary N) is 1. The first-order chi connectivity index (χ1) is 13.7. The van der Waals surface area contributed by atoms with Gasteiger partial charge in [-0.2, -0.15) is 9.97 Å². The third-order valence-electron chi connectivity index (χ3n) is 4.41. The Bertz CT molecular complexity index is 870. The van der Waals surface area contributed by atoms with E-state index in [2.05, 4.69) is 25.5 Å². The van der Waals surface area contributed by atoms with Gasteiger partial charge in [0.15, 0.2) is 0 Å². The average molecular weight is 402 g/mol. The Morgan fingerprint density at radius 2 is 2.10 bits per heavy atom. The predicted octanol–water partition coefficient (Wildman–Crippen LogP) is 3.29. The van der Waals surface area contributed by atoms with Crippen LogP contribution in [0.4, 0.5) is 32.5 Å². The third kappa shape index (κ3) is 5.94. The maximum absolute atomic E-state index is 13.9. The molecular weight excluding hydrogens is 375 g/mol. The zero-order chi connectivity index (χ0) is 21.0. The van der Waals surface area contributed by atoms with Crippen molar-refractivity contribution in [2.75, 3.05) is 35.6 Å². The molecule has 2 aromatic rings. The second-order valence-corrected chi connectivity index (χ2v) is 8.06. The number of rotatable bonds is 5. The van der Waals surface area contributed by atoms with Crippen molar-refractivity contribution in [3.63, 3.8) is 0 Å². The van der Waals surface area contributed by atoms with Crippen molar-refractivity contribution in [3.8, 4) is 0 Å². The smallest absolute Gasteiger partial charge is 0.407 e. The highest BCUT2D eigenvalue weighted by Crippen LogP contribution is 2.26. The number of alkyl carbamates (subject to hydrolysis) is 1. The fourth-order valence-corrected chi connectivity index (χ4v) is 3.13. The van der Waals surface area contributed by atoms with E-state index >= 15 is 0 Å². The molecule has 1 aromatic carbocycles. The molecule has 156 valence electrons. The Kier molecular flexibility index (Phi) is 6.05. The summed E-state index contributed by atoms with van der Waals surface area (Å²) in [6.45, 7) is 7.50. The van der Waals surface area contributed by atoms with Crippen molar-refractivity contribution >= 4 is 29.4 Å². The normalized spacial score (nSPS) is 16.6. The highest BCUT2D eigenvalue weighted by molar-refractivity contribution is 5.67. The van der Waals surface area contributed by atoms with E-state index < -0.39 is 11.7 Å². The number of ether oxygens (including phenoxy) is 1. The second kappa shape index (κ2) is 8.50. The summed E-state index contributed by atoms with van der Waals surface area (Å²) in [6.07, 6.45) is 0.481. The maximum Gasteiger partial charge on any atom is 0.407 e. The van der Waals surface area contributed by atoms with Crippen molar-refractivity contribution in [3.05, 3.63) is 36.1 Å². The minimum atomic E-state index is -0.522. The topological polar surface area (TPSA) is 105 Å². The number of carbonyl (C=O) groups is 1. The quantitative estimate of drug-likeness (QED) is 0.705. The monoisotopic (exact) mass is 402 g/mol. The van der Waals surface area contributed by atoms with Gasteiger partial charge in [-0.25, -0.2) is 9.18 Å². The minimum Gasteiger partial charge on any atom is -0.444 e. The summed E-state index contributed by atoms with van der Waals surface area (Å²) in [4.78, 5) is 22.4. The van der Waals surface area contributed by atoms with Gasteiger partial charge in [0.25, 0.3) is 0 Å². The summed E-state index contributed by atoms with van der Waals surface area (Å²) in [5.41, 5.74) is 5.65. The molecule has 1 aliphatic heterocycles. The summed E-state index contributed by atoms with van der Waals surface area (Å²) in [5, 5.41) is 5.76. The number of benzene rings is 1. The van der Waals surface area contributed by atoms with Gasteiger partial charge in [0, 0.05) is 25.7 Å². The minimum absolute atomic E-state index is 0.108. The molecule has 1 aliphatic rings. The van der Waals surface area contributed by atoms with Crippen LogP contribution in [-0.4, -0.2) is 41.3 Å². The fourth-order valence-electron chi connectivity index (χ4n) is 3.13. The number of hydrogen-bond acceptors (Lipinski definition) is 7. The Morgan fingerprint density at radius 1 is 1.34 bits per heavy atom. The number of amides is 1. The van der Waals surface area contributed by atoms with E-state index in [4.69, 9.17) is 10.5 Å². The third-order valence-corrected chi connectivity index (χ3v) is 4.41. The van der Waals surface area contributed by atoms with Gasteiger partial charge in [-0.1, -0.05) is 12.1 Å². The van der Waals surface area contributed by atoms with Crippen LogP contribution in [0.25, 0.3) is 0 Å². The van der Waals surface area contributed by atoms with Gasteiger partial charge in [0.2, 0.25) is 5.95 Å². The van der Waals surface area contributed by atoms with E-state index in [0.717, 1.165) is 13.0 Å². The number of nitrogens with zero attached hydrogens (tertiary/aromatic N) is 3.